The first kappa shape index (κ1) is 16.4. The lowest BCUT2D eigenvalue weighted by atomic mass is 10.2. The van der Waals surface area contributed by atoms with Gasteiger partial charge < -0.3 is 14.8 Å². The lowest BCUT2D eigenvalue weighted by Gasteiger charge is -2.17. The van der Waals surface area contributed by atoms with Gasteiger partial charge in [-0.05, 0) is 30.7 Å². The Balaban J connectivity index is 2.19. The van der Waals surface area contributed by atoms with E-state index in [-0.39, 0.29) is 17.6 Å². The zero-order valence-electron chi connectivity index (χ0n) is 12.2. The molecule has 5 nitrogen and oxygen atoms in total. The van der Waals surface area contributed by atoms with Gasteiger partial charge in [-0.2, -0.15) is 0 Å². The Labute approximate surface area is 130 Å². The fraction of sp³-hybridized carbons (Fsp3) is 0.571. The van der Waals surface area contributed by atoms with E-state index >= 15 is 0 Å². The molecule has 1 aromatic rings. The Hall–Kier alpha value is -0.980. The first-order valence-electron chi connectivity index (χ1n) is 6.89. The van der Waals surface area contributed by atoms with Crippen molar-refractivity contribution in [3.8, 4) is 11.5 Å². The first-order chi connectivity index (χ1) is 9.95. The maximum Gasteiger partial charge on any atom is 0.180 e. The fourth-order valence-electron chi connectivity index (χ4n) is 2.28. The van der Waals surface area contributed by atoms with Crippen molar-refractivity contribution in [1.82, 2.24) is 5.32 Å². The topological polar surface area (TPSA) is 64.6 Å². The maximum absolute atomic E-state index is 11.5. The highest BCUT2D eigenvalue weighted by atomic mass is 35.5. The van der Waals surface area contributed by atoms with Gasteiger partial charge in [-0.25, -0.2) is 8.42 Å². The SMILES string of the molecule is CCNCc1cc(Cl)c(OC2CCS(=O)(=O)C2)c(OC)c1. The van der Waals surface area contributed by atoms with Crippen LogP contribution in [0.15, 0.2) is 12.1 Å². The van der Waals surface area contributed by atoms with Gasteiger partial charge in [0.2, 0.25) is 0 Å². The molecule has 1 heterocycles. The van der Waals surface area contributed by atoms with Crippen molar-refractivity contribution in [3.63, 3.8) is 0 Å². The van der Waals surface area contributed by atoms with Crippen LogP contribution in [0.25, 0.3) is 0 Å². The molecule has 0 spiro atoms. The van der Waals surface area contributed by atoms with E-state index in [4.69, 9.17) is 21.1 Å². The van der Waals surface area contributed by atoms with E-state index in [1.165, 1.54) is 0 Å². The molecule has 0 aliphatic carbocycles. The normalized spacial score (nSPS) is 20.4. The number of hydrogen-bond donors (Lipinski definition) is 1. The average molecular weight is 334 g/mol. The highest BCUT2D eigenvalue weighted by molar-refractivity contribution is 7.91. The zero-order chi connectivity index (χ0) is 15.5. The summed E-state index contributed by atoms with van der Waals surface area (Å²) >= 11 is 6.26. The van der Waals surface area contributed by atoms with Crippen LogP contribution in [-0.2, 0) is 16.4 Å². The van der Waals surface area contributed by atoms with Crippen LogP contribution in [0.4, 0.5) is 0 Å². The molecule has 1 fully saturated rings. The molecule has 0 saturated carbocycles. The molecule has 1 saturated heterocycles. The maximum atomic E-state index is 11.5. The van der Waals surface area contributed by atoms with Gasteiger partial charge in [0.15, 0.2) is 21.3 Å². The summed E-state index contributed by atoms with van der Waals surface area (Å²) in [5.74, 6) is 1.14. The monoisotopic (exact) mass is 333 g/mol. The second-order valence-corrected chi connectivity index (χ2v) is 7.67. The van der Waals surface area contributed by atoms with Crippen LogP contribution in [-0.4, -0.2) is 39.7 Å². The fourth-order valence-corrected chi connectivity index (χ4v) is 4.15. The molecule has 21 heavy (non-hydrogen) atoms. The molecule has 0 bridgehead atoms. The number of halogens is 1. The van der Waals surface area contributed by atoms with Crippen LogP contribution in [0.5, 0.6) is 11.5 Å². The first-order valence-corrected chi connectivity index (χ1v) is 9.09. The summed E-state index contributed by atoms with van der Waals surface area (Å²) in [5.41, 5.74) is 0.991. The van der Waals surface area contributed by atoms with Crippen molar-refractivity contribution < 1.29 is 17.9 Å². The Morgan fingerprint density at radius 1 is 1.43 bits per heavy atom. The van der Waals surface area contributed by atoms with Crippen molar-refractivity contribution in [3.05, 3.63) is 22.7 Å². The van der Waals surface area contributed by atoms with Crippen molar-refractivity contribution in [1.29, 1.82) is 0 Å². The van der Waals surface area contributed by atoms with Crippen LogP contribution < -0.4 is 14.8 Å². The number of hydrogen-bond acceptors (Lipinski definition) is 5. The van der Waals surface area contributed by atoms with E-state index in [9.17, 15) is 8.42 Å². The third kappa shape index (κ3) is 4.25. The zero-order valence-corrected chi connectivity index (χ0v) is 13.8. The Morgan fingerprint density at radius 2 is 2.19 bits per heavy atom. The molecule has 0 amide bonds. The third-order valence-electron chi connectivity index (χ3n) is 3.34. The van der Waals surface area contributed by atoms with Crippen LogP contribution in [0.3, 0.4) is 0 Å². The van der Waals surface area contributed by atoms with E-state index < -0.39 is 9.84 Å². The van der Waals surface area contributed by atoms with Crippen LogP contribution in [0.2, 0.25) is 5.02 Å². The second-order valence-electron chi connectivity index (χ2n) is 5.03. The summed E-state index contributed by atoms with van der Waals surface area (Å²) < 4.78 is 34.1. The Morgan fingerprint density at radius 3 is 2.76 bits per heavy atom. The summed E-state index contributed by atoms with van der Waals surface area (Å²) in [4.78, 5) is 0. The molecule has 0 aromatic heterocycles. The minimum atomic E-state index is -2.99. The summed E-state index contributed by atoms with van der Waals surface area (Å²) in [5, 5.41) is 3.65. The van der Waals surface area contributed by atoms with Crippen molar-refractivity contribution in [2.45, 2.75) is 26.0 Å². The number of ether oxygens (including phenoxy) is 2. The number of sulfone groups is 1. The van der Waals surface area contributed by atoms with Gasteiger partial charge in [0.1, 0.15) is 6.10 Å². The Kier molecular flexibility index (Phi) is 5.35. The summed E-state index contributed by atoms with van der Waals surface area (Å²) in [6.45, 7) is 3.57. The third-order valence-corrected chi connectivity index (χ3v) is 5.36. The van der Waals surface area contributed by atoms with Gasteiger partial charge >= 0.3 is 0 Å². The molecule has 1 unspecified atom stereocenters. The van der Waals surface area contributed by atoms with E-state index in [0.717, 1.165) is 12.1 Å². The van der Waals surface area contributed by atoms with Crippen molar-refractivity contribution in [2.24, 2.45) is 0 Å². The van der Waals surface area contributed by atoms with Crippen LogP contribution in [0, 0.1) is 0 Å². The summed E-state index contributed by atoms with van der Waals surface area (Å²) in [6, 6.07) is 3.67. The standard InChI is InChI=1S/C14H20ClNO4S/c1-3-16-8-10-6-12(15)14(13(7-10)19-2)20-11-4-5-21(17,18)9-11/h6-7,11,16H,3-5,8-9H2,1-2H3. The molecule has 1 N–H and O–H groups in total. The van der Waals surface area contributed by atoms with E-state index in [2.05, 4.69) is 5.32 Å². The van der Waals surface area contributed by atoms with Crippen molar-refractivity contribution >= 4 is 21.4 Å². The lowest BCUT2D eigenvalue weighted by molar-refractivity contribution is 0.218. The summed E-state index contributed by atoms with van der Waals surface area (Å²) in [7, 11) is -1.44. The largest absolute Gasteiger partial charge is 0.493 e. The van der Waals surface area contributed by atoms with Crippen molar-refractivity contribution in [2.75, 3.05) is 25.2 Å². The number of rotatable bonds is 6. The molecule has 1 aromatic carbocycles. The molecule has 1 atom stereocenters. The van der Waals surface area contributed by atoms with Gasteiger partial charge in [0, 0.05) is 6.54 Å². The summed E-state index contributed by atoms with van der Waals surface area (Å²) in [6.07, 6.45) is 0.127. The quantitative estimate of drug-likeness (QED) is 0.863. The molecule has 2 rings (SSSR count). The van der Waals surface area contributed by atoms with Gasteiger partial charge in [-0.1, -0.05) is 18.5 Å². The molecule has 7 heteroatoms. The molecule has 1 aliphatic rings. The van der Waals surface area contributed by atoms with Gasteiger partial charge in [-0.15, -0.1) is 0 Å². The van der Waals surface area contributed by atoms with Gasteiger partial charge in [0.25, 0.3) is 0 Å². The molecular formula is C14H20ClNO4S. The average Bonchev–Trinajstić information content (AvgIpc) is 2.78. The van der Waals surface area contributed by atoms with E-state index in [1.807, 2.05) is 19.1 Å². The minimum Gasteiger partial charge on any atom is -0.493 e. The van der Waals surface area contributed by atoms with E-state index in [0.29, 0.717) is 29.5 Å². The molecule has 0 radical (unpaired) electrons. The minimum absolute atomic E-state index is 0.0334. The smallest absolute Gasteiger partial charge is 0.180 e. The van der Waals surface area contributed by atoms with Crippen LogP contribution in [0.1, 0.15) is 18.9 Å². The highest BCUT2D eigenvalue weighted by Gasteiger charge is 2.30. The molecule has 118 valence electrons. The molecule has 1 aliphatic heterocycles. The second kappa shape index (κ2) is 6.85. The highest BCUT2D eigenvalue weighted by Crippen LogP contribution is 2.38. The molecular weight excluding hydrogens is 314 g/mol. The Bertz CT molecular complexity index is 603. The predicted molar refractivity (Wildman–Crippen MR) is 83.1 cm³/mol. The number of benzene rings is 1. The predicted octanol–water partition coefficient (Wildman–Crippen LogP) is 2.02. The number of methoxy groups -OCH3 is 1. The lowest BCUT2D eigenvalue weighted by Crippen LogP contribution is -2.18. The van der Waals surface area contributed by atoms with Crippen LogP contribution >= 0.6 is 11.6 Å². The van der Waals surface area contributed by atoms with Gasteiger partial charge in [-0.3, -0.25) is 0 Å². The van der Waals surface area contributed by atoms with Gasteiger partial charge in [0.05, 0.1) is 23.6 Å². The number of nitrogens with one attached hydrogen (secondary N) is 1. The van der Waals surface area contributed by atoms with E-state index in [1.54, 1.807) is 7.11 Å².